The molecule has 0 bridgehead atoms. The first kappa shape index (κ1) is 15.2. The molecule has 2 rings (SSSR count). The van der Waals surface area contributed by atoms with Crippen LogP contribution in [0.25, 0.3) is 0 Å². The van der Waals surface area contributed by atoms with Gasteiger partial charge in [0.05, 0.1) is 12.0 Å². The van der Waals surface area contributed by atoms with E-state index in [1.807, 2.05) is 6.07 Å². The van der Waals surface area contributed by atoms with Gasteiger partial charge in [-0.05, 0) is 40.2 Å². The van der Waals surface area contributed by atoms with Crippen molar-refractivity contribution in [3.8, 4) is 0 Å². The van der Waals surface area contributed by atoms with Crippen molar-refractivity contribution in [2.24, 2.45) is 0 Å². The molecule has 1 N–H and O–H groups in total. The van der Waals surface area contributed by atoms with Crippen LogP contribution in [0.2, 0.25) is 0 Å². The Morgan fingerprint density at radius 3 is 2.43 bits per heavy atom. The second-order valence-corrected chi connectivity index (χ2v) is 5.12. The molecular weight excluding hydrogens is 336 g/mol. The maximum absolute atomic E-state index is 12.5. The number of hydrogen-bond acceptors (Lipinski definition) is 3. The molecule has 1 amide bonds. The summed E-state index contributed by atoms with van der Waals surface area (Å²) in [7, 11) is 0. The highest BCUT2D eigenvalue weighted by Crippen LogP contribution is 2.18. The lowest BCUT2D eigenvalue weighted by molar-refractivity contribution is -0.136. The molecule has 0 saturated heterocycles. The first-order chi connectivity index (χ1) is 10.1. The van der Waals surface area contributed by atoms with Gasteiger partial charge in [-0.25, -0.2) is 4.98 Å². The highest BCUT2D eigenvalue weighted by atomic mass is 79.9. The van der Waals surface area contributed by atoms with E-state index in [1.54, 1.807) is 36.4 Å². The average Bonchev–Trinajstić information content (AvgIpc) is 2.49. The zero-order valence-electron chi connectivity index (χ0n) is 11.1. The fourth-order valence-corrected chi connectivity index (χ4v) is 2.06. The molecule has 0 aliphatic carbocycles. The summed E-state index contributed by atoms with van der Waals surface area (Å²) in [6, 6.07) is 12.3. The van der Waals surface area contributed by atoms with E-state index in [0.29, 0.717) is 15.9 Å². The van der Waals surface area contributed by atoms with Gasteiger partial charge in [0.15, 0.2) is 0 Å². The Labute approximate surface area is 130 Å². The van der Waals surface area contributed by atoms with E-state index in [2.05, 4.69) is 20.9 Å². The van der Waals surface area contributed by atoms with Gasteiger partial charge < -0.3 is 10.0 Å². The van der Waals surface area contributed by atoms with E-state index in [1.165, 1.54) is 11.1 Å². The number of nitrogens with zero attached hydrogens (tertiary/aromatic N) is 2. The monoisotopic (exact) mass is 348 g/mol. The fraction of sp³-hybridized carbons (Fsp3) is 0.133. The Balaban J connectivity index is 2.28. The highest BCUT2D eigenvalue weighted by Gasteiger charge is 2.18. The van der Waals surface area contributed by atoms with Gasteiger partial charge in [-0.1, -0.05) is 18.2 Å². The van der Waals surface area contributed by atoms with Crippen LogP contribution in [0, 0.1) is 0 Å². The molecule has 108 valence electrons. The molecule has 5 nitrogen and oxygen atoms in total. The summed E-state index contributed by atoms with van der Waals surface area (Å²) in [6.07, 6.45) is 1.34. The van der Waals surface area contributed by atoms with Crippen LogP contribution in [0.3, 0.4) is 0 Å². The van der Waals surface area contributed by atoms with Crippen molar-refractivity contribution in [2.75, 3.05) is 11.4 Å². The molecule has 1 aromatic heterocycles. The Kier molecular flexibility index (Phi) is 5.05. The minimum absolute atomic E-state index is 0.105. The van der Waals surface area contributed by atoms with Gasteiger partial charge in [0.2, 0.25) is 0 Å². The van der Waals surface area contributed by atoms with E-state index in [-0.39, 0.29) is 18.9 Å². The Morgan fingerprint density at radius 1 is 1.14 bits per heavy atom. The van der Waals surface area contributed by atoms with E-state index in [9.17, 15) is 9.59 Å². The number of hydrogen-bond donors (Lipinski definition) is 1. The average molecular weight is 349 g/mol. The maximum atomic E-state index is 12.5. The van der Waals surface area contributed by atoms with Gasteiger partial charge in [-0.3, -0.25) is 9.59 Å². The summed E-state index contributed by atoms with van der Waals surface area (Å²) in [5.74, 6) is -1.22. The normalized spacial score (nSPS) is 10.1. The van der Waals surface area contributed by atoms with Crippen LogP contribution in [0.15, 0.2) is 53.3 Å². The Hall–Kier alpha value is -2.21. The maximum Gasteiger partial charge on any atom is 0.305 e. The van der Waals surface area contributed by atoms with Crippen LogP contribution in [0.4, 0.5) is 5.69 Å². The molecule has 0 spiro atoms. The van der Waals surface area contributed by atoms with Crippen molar-refractivity contribution < 1.29 is 14.7 Å². The molecule has 0 radical (unpaired) electrons. The first-order valence-electron chi connectivity index (χ1n) is 6.28. The number of carboxylic acid groups (broad SMARTS) is 1. The van der Waals surface area contributed by atoms with Crippen molar-refractivity contribution in [1.29, 1.82) is 0 Å². The largest absolute Gasteiger partial charge is 0.481 e. The summed E-state index contributed by atoms with van der Waals surface area (Å²) in [6.45, 7) is 0.105. The fourth-order valence-electron chi connectivity index (χ4n) is 1.82. The van der Waals surface area contributed by atoms with Gasteiger partial charge in [0, 0.05) is 18.4 Å². The molecule has 0 unspecified atom stereocenters. The Bertz CT molecular complexity index is 629. The highest BCUT2D eigenvalue weighted by molar-refractivity contribution is 9.10. The number of aromatic nitrogens is 1. The smallest absolute Gasteiger partial charge is 0.305 e. The molecular formula is C15H13BrN2O3. The number of carbonyl (C=O) groups is 2. The number of rotatable bonds is 5. The zero-order valence-corrected chi connectivity index (χ0v) is 12.7. The number of carboxylic acids is 1. The van der Waals surface area contributed by atoms with Gasteiger partial charge >= 0.3 is 5.97 Å². The van der Waals surface area contributed by atoms with Gasteiger partial charge in [0.1, 0.15) is 4.60 Å². The summed E-state index contributed by atoms with van der Waals surface area (Å²) in [4.78, 5) is 28.8. The summed E-state index contributed by atoms with van der Waals surface area (Å²) >= 11 is 3.21. The van der Waals surface area contributed by atoms with Crippen LogP contribution in [-0.4, -0.2) is 28.5 Å². The number of amides is 1. The molecule has 0 aliphatic rings. The van der Waals surface area contributed by atoms with Gasteiger partial charge in [0.25, 0.3) is 5.91 Å². The second-order valence-electron chi connectivity index (χ2n) is 4.31. The van der Waals surface area contributed by atoms with E-state index in [4.69, 9.17) is 5.11 Å². The lowest BCUT2D eigenvalue weighted by Gasteiger charge is -2.22. The van der Waals surface area contributed by atoms with Crippen LogP contribution in [-0.2, 0) is 4.79 Å². The first-order valence-corrected chi connectivity index (χ1v) is 7.07. The van der Waals surface area contributed by atoms with Crippen molar-refractivity contribution in [3.63, 3.8) is 0 Å². The molecule has 0 saturated carbocycles. The standard InChI is InChI=1S/C15H13BrN2O3/c16-13-7-6-11(10-17-13)15(21)18(9-8-14(19)20)12-4-2-1-3-5-12/h1-7,10H,8-9H2,(H,19,20). The number of aliphatic carboxylic acids is 1. The van der Waals surface area contributed by atoms with E-state index < -0.39 is 5.97 Å². The van der Waals surface area contributed by atoms with Crippen LogP contribution >= 0.6 is 15.9 Å². The van der Waals surface area contributed by atoms with Crippen LogP contribution in [0.5, 0.6) is 0 Å². The molecule has 0 aliphatic heterocycles. The molecule has 1 heterocycles. The minimum atomic E-state index is -0.947. The molecule has 0 atom stereocenters. The minimum Gasteiger partial charge on any atom is -0.481 e. The Morgan fingerprint density at radius 2 is 1.86 bits per heavy atom. The number of anilines is 1. The molecule has 0 fully saturated rings. The second kappa shape index (κ2) is 6.99. The van der Waals surface area contributed by atoms with Gasteiger partial charge in [-0.2, -0.15) is 0 Å². The summed E-state index contributed by atoms with van der Waals surface area (Å²) < 4.78 is 0.635. The number of benzene rings is 1. The SMILES string of the molecule is O=C(O)CCN(C(=O)c1ccc(Br)nc1)c1ccccc1. The van der Waals surface area contributed by atoms with Crippen molar-refractivity contribution in [2.45, 2.75) is 6.42 Å². The number of para-hydroxylation sites is 1. The third-order valence-electron chi connectivity index (χ3n) is 2.84. The predicted molar refractivity (Wildman–Crippen MR) is 82.3 cm³/mol. The van der Waals surface area contributed by atoms with Gasteiger partial charge in [-0.15, -0.1) is 0 Å². The van der Waals surface area contributed by atoms with Crippen molar-refractivity contribution in [1.82, 2.24) is 4.98 Å². The summed E-state index contributed by atoms with van der Waals surface area (Å²) in [5, 5.41) is 8.84. The third kappa shape index (κ3) is 4.13. The van der Waals surface area contributed by atoms with Crippen LogP contribution in [0.1, 0.15) is 16.8 Å². The molecule has 6 heteroatoms. The number of carbonyl (C=O) groups excluding carboxylic acids is 1. The lowest BCUT2D eigenvalue weighted by Crippen LogP contribution is -2.33. The van der Waals surface area contributed by atoms with E-state index in [0.717, 1.165) is 0 Å². The van der Waals surface area contributed by atoms with E-state index >= 15 is 0 Å². The zero-order chi connectivity index (χ0) is 15.2. The quantitative estimate of drug-likeness (QED) is 0.843. The third-order valence-corrected chi connectivity index (χ3v) is 3.31. The topological polar surface area (TPSA) is 70.5 Å². The predicted octanol–water partition coefficient (Wildman–Crippen LogP) is 2.97. The number of halogens is 1. The van der Waals surface area contributed by atoms with Crippen molar-refractivity contribution in [3.05, 3.63) is 58.8 Å². The number of pyridine rings is 1. The van der Waals surface area contributed by atoms with Crippen LogP contribution < -0.4 is 4.90 Å². The summed E-state index contributed by atoms with van der Waals surface area (Å²) in [5.41, 5.74) is 1.07. The molecule has 1 aromatic carbocycles. The lowest BCUT2D eigenvalue weighted by atomic mass is 10.2. The van der Waals surface area contributed by atoms with Crippen molar-refractivity contribution >= 4 is 33.5 Å². The molecule has 21 heavy (non-hydrogen) atoms. The molecule has 2 aromatic rings.